The molecular weight excluding hydrogens is 334 g/mol. The molecule has 20 heavy (non-hydrogen) atoms. The molecule has 2 aromatic rings. The summed E-state index contributed by atoms with van der Waals surface area (Å²) in [6.07, 6.45) is 1.95. The van der Waals surface area contributed by atoms with Gasteiger partial charge >= 0.3 is 0 Å². The van der Waals surface area contributed by atoms with Crippen molar-refractivity contribution in [1.29, 1.82) is 0 Å². The highest BCUT2D eigenvalue weighted by atomic mass is 79.9. The number of aryl methyl sites for hydroxylation is 1. The highest BCUT2D eigenvalue weighted by Crippen LogP contribution is 2.26. The van der Waals surface area contributed by atoms with Gasteiger partial charge in [-0.3, -0.25) is 0 Å². The molecule has 0 aliphatic carbocycles. The maximum atomic E-state index is 5.80. The van der Waals surface area contributed by atoms with Gasteiger partial charge in [0, 0.05) is 4.47 Å². The molecule has 0 atom stereocenters. The van der Waals surface area contributed by atoms with Gasteiger partial charge in [-0.1, -0.05) is 48.6 Å². The summed E-state index contributed by atoms with van der Waals surface area (Å²) in [4.78, 5) is 0.343. The van der Waals surface area contributed by atoms with Gasteiger partial charge in [0.05, 0.1) is 12.2 Å². The van der Waals surface area contributed by atoms with Gasteiger partial charge in [-0.25, -0.2) is 0 Å². The quantitative estimate of drug-likeness (QED) is 0.629. The number of thiocarbonyl (C=S) groups is 1. The van der Waals surface area contributed by atoms with E-state index in [0.717, 1.165) is 28.6 Å². The van der Waals surface area contributed by atoms with Crippen LogP contribution < -0.4 is 10.5 Å². The first-order valence-corrected chi connectivity index (χ1v) is 7.63. The van der Waals surface area contributed by atoms with E-state index in [2.05, 4.69) is 40.2 Å². The molecule has 0 radical (unpaired) electrons. The minimum absolute atomic E-state index is 0.343. The maximum absolute atomic E-state index is 5.80. The van der Waals surface area contributed by atoms with Gasteiger partial charge in [-0.15, -0.1) is 0 Å². The van der Waals surface area contributed by atoms with E-state index in [1.54, 1.807) is 0 Å². The summed E-state index contributed by atoms with van der Waals surface area (Å²) in [5.41, 5.74) is 7.82. The van der Waals surface area contributed by atoms with Crippen LogP contribution in [0.3, 0.4) is 0 Å². The van der Waals surface area contributed by atoms with Crippen molar-refractivity contribution in [2.24, 2.45) is 5.73 Å². The molecule has 0 aliphatic rings. The van der Waals surface area contributed by atoms with Crippen LogP contribution in [0.4, 0.5) is 0 Å². The lowest BCUT2D eigenvalue weighted by Gasteiger charge is -2.12. The molecule has 0 saturated heterocycles. The van der Waals surface area contributed by atoms with E-state index in [0.29, 0.717) is 11.6 Å². The van der Waals surface area contributed by atoms with Crippen molar-refractivity contribution in [2.45, 2.75) is 12.8 Å². The molecule has 2 aromatic carbocycles. The third kappa shape index (κ3) is 4.05. The fourth-order valence-corrected chi connectivity index (χ4v) is 2.87. The lowest BCUT2D eigenvalue weighted by Crippen LogP contribution is -2.13. The molecule has 2 N–H and O–H groups in total. The van der Waals surface area contributed by atoms with Crippen LogP contribution in [0.25, 0.3) is 0 Å². The topological polar surface area (TPSA) is 35.2 Å². The molecule has 2 nitrogen and oxygen atoms in total. The van der Waals surface area contributed by atoms with Crippen molar-refractivity contribution >= 4 is 33.1 Å². The zero-order valence-corrected chi connectivity index (χ0v) is 13.4. The molecule has 0 fully saturated rings. The SMILES string of the molecule is NC(=S)c1c(Br)cccc1OCCCc1ccccc1. The lowest BCUT2D eigenvalue weighted by molar-refractivity contribution is 0.310. The van der Waals surface area contributed by atoms with Crippen LogP contribution in [-0.4, -0.2) is 11.6 Å². The molecule has 2 rings (SSSR count). The molecule has 0 unspecified atom stereocenters. The number of benzene rings is 2. The number of rotatable bonds is 6. The summed E-state index contributed by atoms with van der Waals surface area (Å²) in [5, 5.41) is 0. The Balaban J connectivity index is 1.92. The number of hydrogen-bond donors (Lipinski definition) is 1. The molecule has 0 saturated carbocycles. The van der Waals surface area contributed by atoms with Crippen LogP contribution in [0.5, 0.6) is 5.75 Å². The van der Waals surface area contributed by atoms with Crippen molar-refractivity contribution in [3.8, 4) is 5.75 Å². The summed E-state index contributed by atoms with van der Waals surface area (Å²) in [5.74, 6) is 0.736. The van der Waals surface area contributed by atoms with Gasteiger partial charge in [0.25, 0.3) is 0 Å². The molecule has 0 heterocycles. The van der Waals surface area contributed by atoms with E-state index in [9.17, 15) is 0 Å². The van der Waals surface area contributed by atoms with Crippen LogP contribution in [0.2, 0.25) is 0 Å². The lowest BCUT2D eigenvalue weighted by atomic mass is 10.1. The number of halogens is 1. The Kier molecular flexibility index (Phi) is 5.56. The van der Waals surface area contributed by atoms with Crippen LogP contribution in [-0.2, 0) is 6.42 Å². The Hall–Kier alpha value is -1.39. The number of hydrogen-bond acceptors (Lipinski definition) is 2. The van der Waals surface area contributed by atoms with E-state index < -0.39 is 0 Å². The Labute approximate surface area is 133 Å². The molecule has 4 heteroatoms. The summed E-state index contributed by atoms with van der Waals surface area (Å²) < 4.78 is 6.67. The number of ether oxygens (including phenoxy) is 1. The standard InChI is InChI=1S/C16H16BrNOS/c17-13-9-4-10-14(15(13)16(18)20)19-11-5-8-12-6-2-1-3-7-12/h1-4,6-7,9-10H,5,8,11H2,(H2,18,20). The van der Waals surface area contributed by atoms with Crippen molar-refractivity contribution in [2.75, 3.05) is 6.61 Å². The van der Waals surface area contributed by atoms with Crippen LogP contribution in [0.1, 0.15) is 17.5 Å². The van der Waals surface area contributed by atoms with E-state index in [4.69, 9.17) is 22.7 Å². The molecule has 0 aromatic heterocycles. The van der Waals surface area contributed by atoms with Crippen LogP contribution in [0.15, 0.2) is 53.0 Å². The van der Waals surface area contributed by atoms with Gasteiger partial charge < -0.3 is 10.5 Å². The zero-order valence-electron chi connectivity index (χ0n) is 11.0. The Morgan fingerprint density at radius 3 is 2.55 bits per heavy atom. The van der Waals surface area contributed by atoms with E-state index in [-0.39, 0.29) is 0 Å². The van der Waals surface area contributed by atoms with E-state index >= 15 is 0 Å². The second-order valence-corrected chi connectivity index (χ2v) is 5.71. The largest absolute Gasteiger partial charge is 0.493 e. The first kappa shape index (κ1) is 15.0. The third-order valence-corrected chi connectivity index (χ3v) is 3.80. The predicted molar refractivity (Wildman–Crippen MR) is 90.3 cm³/mol. The minimum Gasteiger partial charge on any atom is -0.493 e. The van der Waals surface area contributed by atoms with Crippen molar-refractivity contribution in [3.05, 3.63) is 64.1 Å². The summed E-state index contributed by atoms with van der Waals surface area (Å²) in [6, 6.07) is 16.1. The number of nitrogens with two attached hydrogens (primary N) is 1. The van der Waals surface area contributed by atoms with Crippen molar-refractivity contribution < 1.29 is 4.74 Å². The summed E-state index contributed by atoms with van der Waals surface area (Å²) in [7, 11) is 0. The predicted octanol–water partition coefficient (Wildman–Crippen LogP) is 4.09. The first-order valence-electron chi connectivity index (χ1n) is 6.43. The average molecular weight is 350 g/mol. The minimum atomic E-state index is 0.343. The fourth-order valence-electron chi connectivity index (χ4n) is 1.97. The Morgan fingerprint density at radius 2 is 1.85 bits per heavy atom. The summed E-state index contributed by atoms with van der Waals surface area (Å²) >= 11 is 8.51. The monoisotopic (exact) mass is 349 g/mol. The van der Waals surface area contributed by atoms with Gasteiger partial charge in [-0.05, 0) is 46.5 Å². The highest BCUT2D eigenvalue weighted by molar-refractivity contribution is 9.10. The van der Waals surface area contributed by atoms with E-state index in [1.807, 2.05) is 24.3 Å². The van der Waals surface area contributed by atoms with Gasteiger partial charge in [0.2, 0.25) is 0 Å². The smallest absolute Gasteiger partial charge is 0.130 e. The first-order chi connectivity index (χ1) is 9.68. The van der Waals surface area contributed by atoms with Crippen LogP contribution in [0, 0.1) is 0 Å². The fraction of sp³-hybridized carbons (Fsp3) is 0.188. The molecule has 0 spiro atoms. The molecular formula is C16H16BrNOS. The molecule has 0 aliphatic heterocycles. The van der Waals surface area contributed by atoms with Crippen molar-refractivity contribution in [3.63, 3.8) is 0 Å². The molecule has 104 valence electrons. The molecule has 0 bridgehead atoms. The van der Waals surface area contributed by atoms with E-state index in [1.165, 1.54) is 5.56 Å². The van der Waals surface area contributed by atoms with Gasteiger partial charge in [-0.2, -0.15) is 0 Å². The Bertz CT molecular complexity index is 586. The second kappa shape index (κ2) is 7.41. The highest BCUT2D eigenvalue weighted by Gasteiger charge is 2.10. The Morgan fingerprint density at radius 1 is 1.10 bits per heavy atom. The molecule has 0 amide bonds. The van der Waals surface area contributed by atoms with Crippen LogP contribution >= 0.6 is 28.1 Å². The third-order valence-electron chi connectivity index (χ3n) is 2.93. The maximum Gasteiger partial charge on any atom is 0.130 e. The van der Waals surface area contributed by atoms with Gasteiger partial charge in [0.1, 0.15) is 10.7 Å². The van der Waals surface area contributed by atoms with Gasteiger partial charge in [0.15, 0.2) is 0 Å². The normalized spacial score (nSPS) is 10.2. The van der Waals surface area contributed by atoms with Crippen molar-refractivity contribution in [1.82, 2.24) is 0 Å². The second-order valence-electron chi connectivity index (χ2n) is 4.41. The average Bonchev–Trinajstić information content (AvgIpc) is 2.44. The summed E-state index contributed by atoms with van der Waals surface area (Å²) in [6.45, 7) is 0.640. The zero-order chi connectivity index (χ0) is 14.4.